The summed E-state index contributed by atoms with van der Waals surface area (Å²) in [4.78, 5) is 0. The Morgan fingerprint density at radius 2 is 1.42 bits per heavy atom. The van der Waals surface area contributed by atoms with E-state index in [1.165, 1.54) is 47.1 Å². The lowest BCUT2D eigenvalue weighted by Crippen LogP contribution is -2.06. The molecule has 0 aliphatic rings. The zero-order valence-corrected chi connectivity index (χ0v) is 16.0. The molecule has 0 radical (unpaired) electrons. The highest BCUT2D eigenvalue weighted by molar-refractivity contribution is 5.30. The number of benzene rings is 2. The van der Waals surface area contributed by atoms with Crippen molar-refractivity contribution in [3.05, 3.63) is 82.4 Å². The van der Waals surface area contributed by atoms with Crippen LogP contribution in [0.3, 0.4) is 0 Å². The lowest BCUT2D eigenvalue weighted by atomic mass is 9.84. The molecule has 24 heavy (non-hydrogen) atoms. The fraction of sp³-hybridized carbons (Fsp3) is 0.417. The van der Waals surface area contributed by atoms with Crippen molar-refractivity contribution in [2.75, 3.05) is 0 Å². The number of rotatable bonds is 7. The van der Waals surface area contributed by atoms with Gasteiger partial charge in [-0.15, -0.1) is 0 Å². The van der Waals surface area contributed by atoms with Gasteiger partial charge in [-0.3, -0.25) is 0 Å². The Morgan fingerprint density at radius 1 is 0.875 bits per heavy atom. The predicted octanol–water partition coefficient (Wildman–Crippen LogP) is 7.01. The van der Waals surface area contributed by atoms with Gasteiger partial charge in [-0.05, 0) is 64.0 Å². The van der Waals surface area contributed by atoms with E-state index in [4.69, 9.17) is 0 Å². The molecule has 0 saturated carbocycles. The molecule has 0 nitrogen and oxygen atoms in total. The average molecular weight is 321 g/mol. The Hall–Kier alpha value is -1.82. The molecule has 128 valence electrons. The number of allylic oxidation sites excluding steroid dienone is 2. The van der Waals surface area contributed by atoms with Crippen LogP contribution in [0.5, 0.6) is 0 Å². The molecular formula is C24H32. The van der Waals surface area contributed by atoms with Crippen LogP contribution in [-0.2, 0) is 6.42 Å². The molecule has 0 heteroatoms. The molecule has 0 heterocycles. The van der Waals surface area contributed by atoms with Gasteiger partial charge >= 0.3 is 0 Å². The van der Waals surface area contributed by atoms with Gasteiger partial charge in [0, 0.05) is 5.92 Å². The minimum absolute atomic E-state index is 0.552. The molecule has 0 N–H and O–H groups in total. The molecule has 0 saturated heterocycles. The van der Waals surface area contributed by atoms with Gasteiger partial charge in [0.05, 0.1) is 0 Å². The Balaban J connectivity index is 1.99. The fourth-order valence-electron chi connectivity index (χ4n) is 3.34. The molecule has 0 spiro atoms. The predicted molar refractivity (Wildman–Crippen MR) is 107 cm³/mol. The van der Waals surface area contributed by atoms with Gasteiger partial charge in [0.15, 0.2) is 0 Å². The highest BCUT2D eigenvalue weighted by Gasteiger charge is 2.15. The van der Waals surface area contributed by atoms with E-state index in [0.29, 0.717) is 11.8 Å². The lowest BCUT2D eigenvalue weighted by Gasteiger charge is -2.21. The molecule has 0 bridgehead atoms. The molecule has 0 amide bonds. The van der Waals surface area contributed by atoms with Crippen LogP contribution < -0.4 is 0 Å². The summed E-state index contributed by atoms with van der Waals surface area (Å²) in [5, 5.41) is 0. The summed E-state index contributed by atoms with van der Waals surface area (Å²) in [5.41, 5.74) is 7.08. The van der Waals surface area contributed by atoms with Crippen molar-refractivity contribution in [2.45, 2.75) is 59.8 Å². The van der Waals surface area contributed by atoms with Gasteiger partial charge in [-0.2, -0.15) is 0 Å². The van der Waals surface area contributed by atoms with E-state index >= 15 is 0 Å². The normalized spacial score (nSPS) is 14.5. The van der Waals surface area contributed by atoms with Gasteiger partial charge in [0.1, 0.15) is 0 Å². The van der Waals surface area contributed by atoms with Crippen LogP contribution >= 0.6 is 0 Å². The van der Waals surface area contributed by atoms with Crippen molar-refractivity contribution < 1.29 is 0 Å². The zero-order chi connectivity index (χ0) is 17.5. The van der Waals surface area contributed by atoms with Crippen molar-refractivity contribution in [3.8, 4) is 0 Å². The second kappa shape index (κ2) is 8.87. The SMILES string of the molecule is CC=C(C)C(CCC(C)Cc1ccc(C)cc1)c1ccc(C)cc1. The number of hydrogen-bond acceptors (Lipinski definition) is 0. The Labute approximate surface area is 148 Å². The van der Waals surface area contributed by atoms with Crippen molar-refractivity contribution in [2.24, 2.45) is 5.92 Å². The highest BCUT2D eigenvalue weighted by atomic mass is 14.2. The third kappa shape index (κ3) is 5.37. The van der Waals surface area contributed by atoms with Crippen LogP contribution in [0.2, 0.25) is 0 Å². The van der Waals surface area contributed by atoms with Gasteiger partial charge in [0.2, 0.25) is 0 Å². The maximum atomic E-state index is 2.39. The molecule has 2 aromatic rings. The van der Waals surface area contributed by atoms with Crippen LogP contribution in [0.4, 0.5) is 0 Å². The first-order valence-electron chi connectivity index (χ1n) is 9.24. The monoisotopic (exact) mass is 320 g/mol. The zero-order valence-electron chi connectivity index (χ0n) is 16.0. The first-order valence-corrected chi connectivity index (χ1v) is 9.24. The van der Waals surface area contributed by atoms with Crippen LogP contribution in [0, 0.1) is 19.8 Å². The minimum atomic E-state index is 0.552. The summed E-state index contributed by atoms with van der Waals surface area (Å²) in [6.45, 7) is 11.1. The maximum absolute atomic E-state index is 2.39. The molecule has 2 aromatic carbocycles. The summed E-state index contributed by atoms with van der Waals surface area (Å²) in [7, 11) is 0. The third-order valence-electron chi connectivity index (χ3n) is 5.14. The second-order valence-corrected chi connectivity index (χ2v) is 7.37. The topological polar surface area (TPSA) is 0 Å². The molecule has 2 atom stereocenters. The quantitative estimate of drug-likeness (QED) is 0.481. The third-order valence-corrected chi connectivity index (χ3v) is 5.14. The Bertz CT molecular complexity index is 643. The molecule has 2 rings (SSSR count). The standard InChI is InChI=1S/C24H32/c1-6-21(5)24(23-14-9-19(3)10-15-23)16-11-20(4)17-22-12-7-18(2)8-13-22/h6-10,12-15,20,24H,11,16-17H2,1-5H3. The van der Waals surface area contributed by atoms with E-state index in [0.717, 1.165) is 0 Å². The Morgan fingerprint density at radius 3 is 1.96 bits per heavy atom. The van der Waals surface area contributed by atoms with Crippen LogP contribution in [0.25, 0.3) is 0 Å². The highest BCUT2D eigenvalue weighted by Crippen LogP contribution is 2.31. The minimum Gasteiger partial charge on any atom is -0.0881 e. The van der Waals surface area contributed by atoms with Crippen LogP contribution in [0.15, 0.2) is 60.2 Å². The van der Waals surface area contributed by atoms with E-state index in [2.05, 4.69) is 89.2 Å². The molecule has 0 aliphatic carbocycles. The summed E-state index contributed by atoms with van der Waals surface area (Å²) in [6, 6.07) is 18.1. The van der Waals surface area contributed by atoms with Crippen molar-refractivity contribution in [1.29, 1.82) is 0 Å². The number of aryl methyl sites for hydroxylation is 2. The van der Waals surface area contributed by atoms with E-state index in [1.807, 2.05) is 0 Å². The molecule has 0 aromatic heterocycles. The largest absolute Gasteiger partial charge is 0.0881 e. The van der Waals surface area contributed by atoms with Crippen LogP contribution in [0.1, 0.15) is 61.8 Å². The van der Waals surface area contributed by atoms with Crippen molar-refractivity contribution >= 4 is 0 Å². The fourth-order valence-corrected chi connectivity index (χ4v) is 3.34. The van der Waals surface area contributed by atoms with Crippen molar-refractivity contribution in [3.63, 3.8) is 0 Å². The average Bonchev–Trinajstić information content (AvgIpc) is 2.58. The first kappa shape index (κ1) is 18.5. The maximum Gasteiger partial charge on any atom is 0.00453 e. The van der Waals surface area contributed by atoms with E-state index in [1.54, 1.807) is 0 Å². The van der Waals surface area contributed by atoms with E-state index < -0.39 is 0 Å². The Kier molecular flexibility index (Phi) is 6.85. The summed E-state index contributed by atoms with van der Waals surface area (Å²) >= 11 is 0. The lowest BCUT2D eigenvalue weighted by molar-refractivity contribution is 0.486. The molecule has 0 fully saturated rings. The van der Waals surface area contributed by atoms with Crippen LogP contribution in [-0.4, -0.2) is 0 Å². The van der Waals surface area contributed by atoms with Gasteiger partial charge in [-0.25, -0.2) is 0 Å². The van der Waals surface area contributed by atoms with Gasteiger partial charge in [0.25, 0.3) is 0 Å². The molecular weight excluding hydrogens is 288 g/mol. The molecule has 2 unspecified atom stereocenters. The van der Waals surface area contributed by atoms with Gasteiger partial charge < -0.3 is 0 Å². The molecule has 0 aliphatic heterocycles. The number of hydrogen-bond donors (Lipinski definition) is 0. The van der Waals surface area contributed by atoms with E-state index in [-0.39, 0.29) is 0 Å². The first-order chi connectivity index (χ1) is 11.5. The smallest absolute Gasteiger partial charge is 0.00453 e. The summed E-state index contributed by atoms with van der Waals surface area (Å²) in [6.07, 6.45) is 5.94. The van der Waals surface area contributed by atoms with Crippen molar-refractivity contribution in [1.82, 2.24) is 0 Å². The van der Waals surface area contributed by atoms with E-state index in [9.17, 15) is 0 Å². The van der Waals surface area contributed by atoms with Gasteiger partial charge in [-0.1, -0.05) is 78.2 Å². The second-order valence-electron chi connectivity index (χ2n) is 7.37. The summed E-state index contributed by atoms with van der Waals surface area (Å²) in [5.74, 6) is 1.27. The summed E-state index contributed by atoms with van der Waals surface area (Å²) < 4.78 is 0.